The van der Waals surface area contributed by atoms with Gasteiger partial charge in [0.05, 0.1) is 10.9 Å². The van der Waals surface area contributed by atoms with Crippen LogP contribution in [0.1, 0.15) is 36.0 Å². The molecule has 15 heteroatoms. The molecule has 3 aromatic carbocycles. The Bertz CT molecular complexity index is 2350. The minimum Gasteiger partial charge on any atom is -0.454 e. The molecule has 8 rings (SSSR count). The number of carbonyl (C=O) groups excluding carboxylic acids is 3. The van der Waals surface area contributed by atoms with Gasteiger partial charge in [-0.2, -0.15) is 0 Å². The summed E-state index contributed by atoms with van der Waals surface area (Å²) in [6.07, 6.45) is 2.28. The van der Waals surface area contributed by atoms with Crippen molar-refractivity contribution in [3.63, 3.8) is 0 Å². The number of ether oxygens (including phenoxy) is 1. The number of nitrogens with one attached hydrogen (secondary N) is 2. The summed E-state index contributed by atoms with van der Waals surface area (Å²) in [5.74, 6) is -0.825. The van der Waals surface area contributed by atoms with Gasteiger partial charge in [-0.05, 0) is 79.8 Å². The molecule has 5 heterocycles. The van der Waals surface area contributed by atoms with E-state index in [1.54, 1.807) is 30.3 Å². The number of fused-ring (bicyclic) bond motifs is 2. The van der Waals surface area contributed by atoms with Crippen molar-refractivity contribution in [2.75, 3.05) is 67.1 Å². The highest BCUT2D eigenvalue weighted by atomic mass is 19.1. The number of pyridine rings is 1. The van der Waals surface area contributed by atoms with E-state index in [0.717, 1.165) is 70.0 Å². The van der Waals surface area contributed by atoms with Gasteiger partial charge in [0, 0.05) is 75.4 Å². The second-order valence-corrected chi connectivity index (χ2v) is 14.3. The number of piperazine rings is 1. The van der Waals surface area contributed by atoms with Gasteiger partial charge in [0.2, 0.25) is 17.2 Å². The lowest BCUT2D eigenvalue weighted by Crippen LogP contribution is -2.52. The van der Waals surface area contributed by atoms with E-state index in [4.69, 9.17) is 20.6 Å². The minimum atomic E-state index is -0.863. The van der Waals surface area contributed by atoms with Crippen LogP contribution >= 0.6 is 0 Å². The van der Waals surface area contributed by atoms with E-state index >= 15 is 4.39 Å². The second-order valence-electron chi connectivity index (χ2n) is 14.3. The maximum absolute atomic E-state index is 15.1. The summed E-state index contributed by atoms with van der Waals surface area (Å²) < 4.78 is 27.0. The first-order valence-corrected chi connectivity index (χ1v) is 18.5. The van der Waals surface area contributed by atoms with Crippen molar-refractivity contribution in [1.29, 1.82) is 0 Å². The van der Waals surface area contributed by atoms with Gasteiger partial charge in [0.25, 0.3) is 5.91 Å². The van der Waals surface area contributed by atoms with Crippen molar-refractivity contribution in [3.8, 4) is 11.5 Å². The molecule has 3 aliphatic rings. The van der Waals surface area contributed by atoms with Crippen molar-refractivity contribution in [2.45, 2.75) is 31.7 Å². The first-order valence-electron chi connectivity index (χ1n) is 18.5. The number of hydrogen-bond acceptors (Lipinski definition) is 12. The molecule has 1 unspecified atom stereocenters. The largest absolute Gasteiger partial charge is 0.454 e. The van der Waals surface area contributed by atoms with Gasteiger partial charge >= 0.3 is 0 Å². The van der Waals surface area contributed by atoms with E-state index in [1.807, 2.05) is 24.3 Å². The maximum atomic E-state index is 15.1. The monoisotopic (exact) mass is 748 g/mol. The molecular formula is C40H41FN8O6. The maximum Gasteiger partial charge on any atom is 0.254 e. The molecular weight excluding hydrogens is 707 g/mol. The number of nitrogens with zero attached hydrogens (tertiary/aromatic N) is 4. The molecule has 0 radical (unpaired) electrons. The topological polar surface area (TPSA) is 189 Å². The zero-order valence-electron chi connectivity index (χ0n) is 30.1. The molecule has 6 N–H and O–H groups in total. The first kappa shape index (κ1) is 35.8. The highest BCUT2D eigenvalue weighted by Crippen LogP contribution is 2.32. The van der Waals surface area contributed by atoms with Crippen molar-refractivity contribution in [1.82, 2.24) is 20.5 Å². The van der Waals surface area contributed by atoms with E-state index in [0.29, 0.717) is 22.9 Å². The molecule has 55 heavy (non-hydrogen) atoms. The molecule has 14 nitrogen and oxygen atoms in total. The number of nitrogen functional groups attached to an aromatic ring is 2. The minimum absolute atomic E-state index is 0.0679. The van der Waals surface area contributed by atoms with Crippen LogP contribution in [0.25, 0.3) is 22.1 Å². The van der Waals surface area contributed by atoms with E-state index in [-0.39, 0.29) is 57.8 Å². The van der Waals surface area contributed by atoms with Crippen molar-refractivity contribution < 1.29 is 27.9 Å². The molecule has 284 valence electrons. The number of rotatable bonds is 8. The number of carbonyl (C=O) groups is 3. The van der Waals surface area contributed by atoms with Crippen molar-refractivity contribution >= 4 is 62.7 Å². The Morgan fingerprint density at radius 3 is 2.35 bits per heavy atom. The summed E-state index contributed by atoms with van der Waals surface area (Å²) in [5.41, 5.74) is 14.6. The standard InChI is InChI=1S/C40H41FN8O6/c41-28-20-25(6-9-27(28)39(52)44-30-10-11-34(50)45-40(30)53)48-14-12-23(13-15-48)22-47-16-18-49(19-17-47)24-4-7-26(8-5-24)54-33-21-32-36(46-38(33)43)37(51)35-29(42)2-1-3-31(35)55-32/h1-9,20-21,23,30H,10-19,22,42H2,(H2,43,46)(H,44,52)(H,45,50,53). The van der Waals surface area contributed by atoms with Crippen molar-refractivity contribution in [3.05, 3.63) is 88.3 Å². The number of piperidine rings is 2. The molecule has 3 fully saturated rings. The Balaban J connectivity index is 0.806. The summed E-state index contributed by atoms with van der Waals surface area (Å²) in [7, 11) is 0. The fourth-order valence-electron chi connectivity index (χ4n) is 7.66. The number of nitrogens with two attached hydrogens (primary N) is 2. The molecule has 0 bridgehead atoms. The third kappa shape index (κ3) is 7.47. The lowest BCUT2D eigenvalue weighted by atomic mass is 9.95. The fraction of sp³-hybridized carbons (Fsp3) is 0.325. The molecule has 2 aromatic heterocycles. The van der Waals surface area contributed by atoms with E-state index in [9.17, 15) is 19.2 Å². The third-order valence-corrected chi connectivity index (χ3v) is 10.7. The highest BCUT2D eigenvalue weighted by molar-refractivity contribution is 6.04. The van der Waals surface area contributed by atoms with Gasteiger partial charge in [-0.15, -0.1) is 0 Å². The summed E-state index contributed by atoms with van der Waals surface area (Å²) in [5, 5.41) is 5.00. The Hall–Kier alpha value is -6.22. The average molecular weight is 749 g/mol. The molecule has 3 saturated heterocycles. The second kappa shape index (κ2) is 14.9. The van der Waals surface area contributed by atoms with E-state index in [2.05, 4.69) is 30.3 Å². The quantitative estimate of drug-likeness (QED) is 0.102. The lowest BCUT2D eigenvalue weighted by Gasteiger charge is -2.40. The molecule has 5 aromatic rings. The Kier molecular flexibility index (Phi) is 9.69. The normalized spacial score (nSPS) is 18.5. The van der Waals surface area contributed by atoms with Gasteiger partial charge in [-0.3, -0.25) is 29.4 Å². The summed E-state index contributed by atoms with van der Waals surface area (Å²) >= 11 is 0. The predicted octanol–water partition coefficient (Wildman–Crippen LogP) is 4.01. The van der Waals surface area contributed by atoms with Crippen LogP contribution in [0, 0.1) is 11.7 Å². The van der Waals surface area contributed by atoms with Gasteiger partial charge in [0.15, 0.2) is 22.7 Å². The van der Waals surface area contributed by atoms with Crippen LogP contribution in [0.4, 0.5) is 27.3 Å². The number of halogens is 1. The first-order chi connectivity index (χ1) is 26.6. The van der Waals surface area contributed by atoms with Gasteiger partial charge in [-0.25, -0.2) is 9.37 Å². The zero-order valence-corrected chi connectivity index (χ0v) is 30.1. The highest BCUT2D eigenvalue weighted by Gasteiger charge is 2.30. The van der Waals surface area contributed by atoms with E-state index in [1.165, 1.54) is 12.1 Å². The number of amides is 3. The zero-order chi connectivity index (χ0) is 38.2. The van der Waals surface area contributed by atoms with Crippen LogP contribution in [0.2, 0.25) is 0 Å². The number of benzene rings is 3. The number of hydrogen-bond donors (Lipinski definition) is 4. The summed E-state index contributed by atoms with van der Waals surface area (Å²) in [4.78, 5) is 60.4. The van der Waals surface area contributed by atoms with Crippen LogP contribution in [0.3, 0.4) is 0 Å². The fourth-order valence-corrected chi connectivity index (χ4v) is 7.66. The van der Waals surface area contributed by atoms with Crippen LogP contribution in [-0.4, -0.2) is 79.5 Å². The summed E-state index contributed by atoms with van der Waals surface area (Å²) in [6.45, 7) is 6.26. The van der Waals surface area contributed by atoms with Crippen LogP contribution in [0.5, 0.6) is 11.5 Å². The molecule has 1 atom stereocenters. The SMILES string of the molecule is Nc1nc2c(=O)c3c(N)cccc3oc2cc1Oc1ccc(N2CCN(CC3CCN(c4ccc(C(=O)NC5CCC(=O)NC5=O)c(F)c4)CC3)CC2)cc1. The summed E-state index contributed by atoms with van der Waals surface area (Å²) in [6, 6.07) is 18.1. The van der Waals surface area contributed by atoms with Crippen LogP contribution < -0.4 is 42.1 Å². The Labute approximate surface area is 315 Å². The molecule has 3 amide bonds. The predicted molar refractivity (Wildman–Crippen MR) is 207 cm³/mol. The lowest BCUT2D eigenvalue weighted by molar-refractivity contribution is -0.134. The van der Waals surface area contributed by atoms with Gasteiger partial charge in [0.1, 0.15) is 23.2 Å². The molecule has 0 spiro atoms. The Morgan fingerprint density at radius 1 is 0.891 bits per heavy atom. The third-order valence-electron chi connectivity index (χ3n) is 10.7. The molecule has 0 aliphatic carbocycles. The van der Waals surface area contributed by atoms with Gasteiger partial charge < -0.3 is 35.7 Å². The number of imide groups is 1. The van der Waals surface area contributed by atoms with Crippen molar-refractivity contribution in [2.24, 2.45) is 5.92 Å². The van der Waals surface area contributed by atoms with Crippen LogP contribution in [-0.2, 0) is 9.59 Å². The smallest absolute Gasteiger partial charge is 0.254 e. The number of aromatic nitrogens is 1. The molecule has 3 aliphatic heterocycles. The molecule has 0 saturated carbocycles. The van der Waals surface area contributed by atoms with Crippen LogP contribution in [0.15, 0.2) is 75.9 Å². The van der Waals surface area contributed by atoms with Gasteiger partial charge in [-0.1, -0.05) is 6.07 Å². The Morgan fingerprint density at radius 2 is 1.62 bits per heavy atom. The van der Waals surface area contributed by atoms with E-state index < -0.39 is 23.7 Å². The number of anilines is 4. The average Bonchev–Trinajstić information content (AvgIpc) is 3.17.